The zero-order chi connectivity index (χ0) is 15.6. The Morgan fingerprint density at radius 1 is 1.15 bits per heavy atom. The molecule has 1 rings (SSSR count). The van der Waals surface area contributed by atoms with Crippen LogP contribution in [0.2, 0.25) is 0 Å². The second-order valence-corrected chi connectivity index (χ2v) is 7.94. The van der Waals surface area contributed by atoms with Crippen molar-refractivity contribution in [3.63, 3.8) is 0 Å². The first-order chi connectivity index (χ1) is 8.89. The van der Waals surface area contributed by atoms with Crippen LogP contribution in [0.1, 0.15) is 19.4 Å². The van der Waals surface area contributed by atoms with E-state index in [1.54, 1.807) is 13.8 Å². The summed E-state index contributed by atoms with van der Waals surface area (Å²) in [5.41, 5.74) is -1.52. The Labute approximate surface area is 120 Å². The van der Waals surface area contributed by atoms with E-state index in [1.807, 2.05) is 0 Å². The summed E-state index contributed by atoms with van der Waals surface area (Å²) in [5, 5.41) is 0. The van der Waals surface area contributed by atoms with E-state index in [1.165, 1.54) is 12.1 Å². The summed E-state index contributed by atoms with van der Waals surface area (Å²) in [7, 11) is 1.49. The summed E-state index contributed by atoms with van der Waals surface area (Å²) >= 11 is 0. The smallest absolute Gasteiger partial charge is 0.416 e. The number of hydrogen-bond acceptors (Lipinski definition) is 3. The molecule has 1 aromatic carbocycles. The van der Waals surface area contributed by atoms with E-state index in [-0.39, 0.29) is 18.1 Å². The minimum atomic E-state index is -4.40. The van der Waals surface area contributed by atoms with E-state index >= 15 is 0 Å². The van der Waals surface area contributed by atoms with Crippen molar-refractivity contribution in [2.24, 2.45) is 5.41 Å². The molecule has 0 aromatic heterocycles. The van der Waals surface area contributed by atoms with Crippen molar-refractivity contribution >= 4 is 19.7 Å². The average molecular weight is 331 g/mol. The van der Waals surface area contributed by atoms with Gasteiger partial charge in [0.25, 0.3) is 0 Å². The number of ether oxygens (including phenoxy) is 1. The third kappa shape index (κ3) is 6.00. The third-order valence-corrected chi connectivity index (χ3v) is 3.83. The summed E-state index contributed by atoms with van der Waals surface area (Å²) < 4.78 is 64.4. The number of rotatable bonds is 5. The molecule has 0 unspecified atom stereocenters. The van der Waals surface area contributed by atoms with Crippen LogP contribution in [0.4, 0.5) is 13.2 Å². The number of alkyl halides is 3. The minimum absolute atomic E-state index is 0.0182. The fourth-order valence-corrected chi connectivity index (χ4v) is 3.43. The van der Waals surface area contributed by atoms with E-state index in [4.69, 9.17) is 15.4 Å². The molecule has 0 fully saturated rings. The molecule has 0 N–H and O–H groups in total. The monoisotopic (exact) mass is 330 g/mol. The van der Waals surface area contributed by atoms with Crippen LogP contribution in [0.3, 0.4) is 0 Å². The molecule has 0 heterocycles. The highest BCUT2D eigenvalue weighted by atomic mass is 35.7. The quantitative estimate of drug-likeness (QED) is 0.773. The maximum absolute atomic E-state index is 12.4. The first kappa shape index (κ1) is 17.1. The molecule has 0 aliphatic heterocycles. The zero-order valence-electron chi connectivity index (χ0n) is 10.9. The van der Waals surface area contributed by atoms with Crippen LogP contribution in [0.15, 0.2) is 24.3 Å². The van der Waals surface area contributed by atoms with Crippen molar-refractivity contribution in [3.8, 4) is 5.75 Å². The van der Waals surface area contributed by atoms with Gasteiger partial charge in [-0.1, -0.05) is 13.8 Å². The lowest BCUT2D eigenvalue weighted by Crippen LogP contribution is -2.28. The molecule has 0 bridgehead atoms. The zero-order valence-corrected chi connectivity index (χ0v) is 12.4. The fraction of sp³-hybridized carbons (Fsp3) is 0.500. The molecule has 1 aromatic rings. The molecular weight excluding hydrogens is 317 g/mol. The lowest BCUT2D eigenvalue weighted by molar-refractivity contribution is -0.137. The SMILES string of the molecule is CC(C)(COc1ccc(C(F)(F)F)cc1)CS(=O)(=O)Cl. The van der Waals surface area contributed by atoms with Gasteiger partial charge in [-0.2, -0.15) is 13.2 Å². The first-order valence-corrected chi connectivity index (χ1v) is 8.09. The van der Waals surface area contributed by atoms with E-state index in [9.17, 15) is 21.6 Å². The molecule has 0 aliphatic carbocycles. The molecule has 3 nitrogen and oxygen atoms in total. The van der Waals surface area contributed by atoms with Crippen molar-refractivity contribution in [1.29, 1.82) is 0 Å². The van der Waals surface area contributed by atoms with Gasteiger partial charge >= 0.3 is 6.18 Å². The second-order valence-electron chi connectivity index (χ2n) is 5.16. The van der Waals surface area contributed by atoms with Gasteiger partial charge in [-0.15, -0.1) is 0 Å². The molecule has 0 saturated carbocycles. The van der Waals surface area contributed by atoms with Gasteiger partial charge in [0.1, 0.15) is 5.75 Å². The molecule has 20 heavy (non-hydrogen) atoms. The highest BCUT2D eigenvalue weighted by Crippen LogP contribution is 2.30. The molecule has 0 radical (unpaired) electrons. The summed E-state index contributed by atoms with van der Waals surface area (Å²) in [6, 6.07) is 4.18. The lowest BCUT2D eigenvalue weighted by atomic mass is 9.98. The average Bonchev–Trinajstić information content (AvgIpc) is 2.22. The number of hydrogen-bond donors (Lipinski definition) is 0. The molecule has 0 atom stereocenters. The predicted molar refractivity (Wildman–Crippen MR) is 70.4 cm³/mol. The van der Waals surface area contributed by atoms with Crippen molar-refractivity contribution in [2.75, 3.05) is 12.4 Å². The standard InChI is InChI=1S/C12H14ClF3O3S/c1-11(2,8-20(13,17)18)7-19-10-5-3-9(4-6-10)12(14,15)16/h3-6H,7-8H2,1-2H3. The summed E-state index contributed by atoms with van der Waals surface area (Å²) in [4.78, 5) is 0. The molecule has 0 amide bonds. The van der Waals surface area contributed by atoms with E-state index in [0.29, 0.717) is 0 Å². The Morgan fingerprint density at radius 3 is 2.05 bits per heavy atom. The molecule has 114 valence electrons. The number of benzene rings is 1. The predicted octanol–water partition coefficient (Wildman–Crippen LogP) is 3.68. The molecule has 0 saturated heterocycles. The molecule has 0 aliphatic rings. The highest BCUT2D eigenvalue weighted by Gasteiger charge is 2.30. The van der Waals surface area contributed by atoms with Gasteiger partial charge in [-0.3, -0.25) is 0 Å². The van der Waals surface area contributed by atoms with Crippen molar-refractivity contribution in [3.05, 3.63) is 29.8 Å². The summed E-state index contributed by atoms with van der Waals surface area (Å²) in [6.45, 7) is 3.29. The van der Waals surface area contributed by atoms with Gasteiger partial charge in [0, 0.05) is 16.1 Å². The van der Waals surface area contributed by atoms with E-state index in [2.05, 4.69) is 0 Å². The lowest BCUT2D eigenvalue weighted by Gasteiger charge is -2.23. The van der Waals surface area contributed by atoms with Crippen LogP contribution >= 0.6 is 10.7 Å². The number of halogens is 4. The van der Waals surface area contributed by atoms with Gasteiger partial charge in [0.05, 0.1) is 17.9 Å². The van der Waals surface area contributed by atoms with Crippen molar-refractivity contribution < 1.29 is 26.3 Å². The molecule has 0 spiro atoms. The Bertz CT molecular complexity index is 550. The van der Waals surface area contributed by atoms with Crippen LogP contribution in [0.5, 0.6) is 5.75 Å². The molecular formula is C12H14ClF3O3S. The third-order valence-electron chi connectivity index (χ3n) is 2.37. The van der Waals surface area contributed by atoms with Gasteiger partial charge in [-0.05, 0) is 24.3 Å². The van der Waals surface area contributed by atoms with Gasteiger partial charge < -0.3 is 4.74 Å². The van der Waals surface area contributed by atoms with Gasteiger partial charge in [-0.25, -0.2) is 8.42 Å². The van der Waals surface area contributed by atoms with Crippen molar-refractivity contribution in [2.45, 2.75) is 20.0 Å². The maximum atomic E-state index is 12.4. The second kappa shape index (κ2) is 5.81. The minimum Gasteiger partial charge on any atom is -0.493 e. The van der Waals surface area contributed by atoms with Crippen LogP contribution < -0.4 is 4.74 Å². The maximum Gasteiger partial charge on any atom is 0.416 e. The topological polar surface area (TPSA) is 43.4 Å². The van der Waals surface area contributed by atoms with Gasteiger partial charge in [0.15, 0.2) is 0 Å². The van der Waals surface area contributed by atoms with Crippen molar-refractivity contribution in [1.82, 2.24) is 0 Å². The van der Waals surface area contributed by atoms with Crippen LogP contribution in [0, 0.1) is 5.41 Å². The Balaban J connectivity index is 2.67. The Morgan fingerprint density at radius 2 is 1.65 bits per heavy atom. The summed E-state index contributed by atoms with van der Waals surface area (Å²) in [6.07, 6.45) is -4.40. The summed E-state index contributed by atoms with van der Waals surface area (Å²) in [5.74, 6) is -0.0552. The van der Waals surface area contributed by atoms with Crippen LogP contribution in [0.25, 0.3) is 0 Å². The van der Waals surface area contributed by atoms with Gasteiger partial charge in [0.2, 0.25) is 9.05 Å². The largest absolute Gasteiger partial charge is 0.493 e. The Hall–Kier alpha value is -0.950. The van der Waals surface area contributed by atoms with E-state index < -0.39 is 26.2 Å². The Kier molecular flexibility index (Phi) is 4.97. The fourth-order valence-electron chi connectivity index (χ4n) is 1.53. The van der Waals surface area contributed by atoms with Crippen LogP contribution in [-0.4, -0.2) is 20.8 Å². The van der Waals surface area contributed by atoms with E-state index in [0.717, 1.165) is 12.1 Å². The normalized spacial score (nSPS) is 13.3. The first-order valence-electron chi connectivity index (χ1n) is 5.61. The molecule has 8 heteroatoms. The highest BCUT2D eigenvalue weighted by molar-refractivity contribution is 8.13. The van der Waals surface area contributed by atoms with Crippen LogP contribution in [-0.2, 0) is 15.2 Å².